The van der Waals surface area contributed by atoms with Crippen molar-refractivity contribution in [3.63, 3.8) is 0 Å². The second-order valence-electron chi connectivity index (χ2n) is 2.83. The Labute approximate surface area is 99.8 Å². The SMILES string of the molecule is CCNC(=S)Nc1ccc(OC)c(Cl)c1. The lowest BCUT2D eigenvalue weighted by molar-refractivity contribution is 0.415. The summed E-state index contributed by atoms with van der Waals surface area (Å²) in [6.45, 7) is 2.77. The lowest BCUT2D eigenvalue weighted by atomic mass is 10.3. The Hall–Kier alpha value is -1.00. The van der Waals surface area contributed by atoms with Crippen molar-refractivity contribution in [3.8, 4) is 5.75 Å². The van der Waals surface area contributed by atoms with Gasteiger partial charge in [0, 0.05) is 12.2 Å². The summed E-state index contributed by atoms with van der Waals surface area (Å²) in [4.78, 5) is 0. The first-order valence-electron chi connectivity index (χ1n) is 4.55. The Morgan fingerprint density at radius 1 is 1.53 bits per heavy atom. The van der Waals surface area contributed by atoms with E-state index in [4.69, 9.17) is 28.6 Å². The van der Waals surface area contributed by atoms with Gasteiger partial charge in [-0.25, -0.2) is 0 Å². The molecule has 1 rings (SSSR count). The smallest absolute Gasteiger partial charge is 0.170 e. The van der Waals surface area contributed by atoms with Gasteiger partial charge in [-0.2, -0.15) is 0 Å². The second-order valence-corrected chi connectivity index (χ2v) is 3.65. The molecule has 2 N–H and O–H groups in total. The summed E-state index contributed by atoms with van der Waals surface area (Å²) in [5.74, 6) is 0.650. The fourth-order valence-electron chi connectivity index (χ4n) is 1.08. The molecule has 0 radical (unpaired) electrons. The summed E-state index contributed by atoms with van der Waals surface area (Å²) in [5, 5.41) is 7.14. The minimum Gasteiger partial charge on any atom is -0.495 e. The predicted molar refractivity (Wildman–Crippen MR) is 67.9 cm³/mol. The van der Waals surface area contributed by atoms with Gasteiger partial charge in [-0.15, -0.1) is 0 Å². The van der Waals surface area contributed by atoms with Crippen LogP contribution in [0, 0.1) is 0 Å². The fourth-order valence-corrected chi connectivity index (χ4v) is 1.60. The normalized spacial score (nSPS) is 9.53. The van der Waals surface area contributed by atoms with Crippen molar-refractivity contribution in [2.24, 2.45) is 0 Å². The van der Waals surface area contributed by atoms with Crippen LogP contribution in [0.15, 0.2) is 18.2 Å². The van der Waals surface area contributed by atoms with Crippen LogP contribution < -0.4 is 15.4 Å². The van der Waals surface area contributed by atoms with Crippen molar-refractivity contribution in [1.82, 2.24) is 5.32 Å². The van der Waals surface area contributed by atoms with Crippen molar-refractivity contribution in [1.29, 1.82) is 0 Å². The maximum Gasteiger partial charge on any atom is 0.170 e. The van der Waals surface area contributed by atoms with Crippen molar-refractivity contribution < 1.29 is 4.74 Å². The van der Waals surface area contributed by atoms with Crippen LogP contribution in [0.1, 0.15) is 6.92 Å². The molecule has 5 heteroatoms. The largest absolute Gasteiger partial charge is 0.495 e. The zero-order valence-corrected chi connectivity index (χ0v) is 10.2. The van der Waals surface area contributed by atoms with Crippen molar-refractivity contribution in [2.75, 3.05) is 19.0 Å². The summed E-state index contributed by atoms with van der Waals surface area (Å²) < 4.78 is 5.04. The highest BCUT2D eigenvalue weighted by Gasteiger charge is 2.02. The van der Waals surface area contributed by atoms with Gasteiger partial charge in [0.15, 0.2) is 5.11 Å². The third kappa shape index (κ3) is 3.57. The van der Waals surface area contributed by atoms with Gasteiger partial charge in [0.05, 0.1) is 12.1 Å². The first-order valence-corrected chi connectivity index (χ1v) is 5.34. The standard InChI is InChI=1S/C10H13ClN2OS/c1-3-12-10(15)13-7-4-5-9(14-2)8(11)6-7/h4-6H,3H2,1-2H3,(H2,12,13,15). The molecule has 0 atom stereocenters. The molecule has 0 aliphatic carbocycles. The van der Waals surface area contributed by atoms with E-state index in [0.29, 0.717) is 15.9 Å². The topological polar surface area (TPSA) is 33.3 Å². The molecule has 0 bridgehead atoms. The van der Waals surface area contributed by atoms with Crippen LogP contribution in [0.2, 0.25) is 5.02 Å². The average molecular weight is 245 g/mol. The fraction of sp³-hybridized carbons (Fsp3) is 0.300. The monoisotopic (exact) mass is 244 g/mol. The molecule has 0 spiro atoms. The summed E-state index contributed by atoms with van der Waals surface area (Å²) in [6, 6.07) is 5.41. The maximum atomic E-state index is 5.96. The number of rotatable bonds is 3. The van der Waals surface area contributed by atoms with Crippen LogP contribution in [-0.2, 0) is 0 Å². The van der Waals surface area contributed by atoms with Gasteiger partial charge in [-0.1, -0.05) is 11.6 Å². The zero-order valence-electron chi connectivity index (χ0n) is 8.63. The third-order valence-electron chi connectivity index (χ3n) is 1.75. The van der Waals surface area contributed by atoms with Crippen molar-refractivity contribution in [2.45, 2.75) is 6.92 Å². The Bertz CT molecular complexity index is 357. The third-order valence-corrected chi connectivity index (χ3v) is 2.29. The lowest BCUT2D eigenvalue weighted by Gasteiger charge is -2.10. The summed E-state index contributed by atoms with van der Waals surface area (Å²) in [7, 11) is 1.58. The number of anilines is 1. The van der Waals surface area contributed by atoms with Gasteiger partial charge in [-0.3, -0.25) is 0 Å². The van der Waals surface area contributed by atoms with E-state index in [2.05, 4.69) is 10.6 Å². The van der Waals surface area contributed by atoms with Gasteiger partial charge >= 0.3 is 0 Å². The van der Waals surface area contributed by atoms with E-state index >= 15 is 0 Å². The lowest BCUT2D eigenvalue weighted by Crippen LogP contribution is -2.27. The number of hydrogen-bond acceptors (Lipinski definition) is 2. The van der Waals surface area contributed by atoms with Crippen LogP contribution in [0.3, 0.4) is 0 Å². The Morgan fingerprint density at radius 3 is 2.80 bits per heavy atom. The molecule has 0 amide bonds. The van der Waals surface area contributed by atoms with Gasteiger partial charge in [0.1, 0.15) is 5.75 Å². The first-order chi connectivity index (χ1) is 7.17. The number of thiocarbonyl (C=S) groups is 1. The molecule has 0 aromatic heterocycles. The van der Waals surface area contributed by atoms with Crippen molar-refractivity contribution in [3.05, 3.63) is 23.2 Å². The van der Waals surface area contributed by atoms with Gasteiger partial charge < -0.3 is 15.4 Å². The Balaban J connectivity index is 2.71. The summed E-state index contributed by atoms with van der Waals surface area (Å²) in [6.07, 6.45) is 0. The molecule has 15 heavy (non-hydrogen) atoms. The number of halogens is 1. The Morgan fingerprint density at radius 2 is 2.27 bits per heavy atom. The number of hydrogen-bond donors (Lipinski definition) is 2. The minimum absolute atomic E-state index is 0.557. The second kappa shape index (κ2) is 5.78. The number of benzene rings is 1. The quantitative estimate of drug-likeness (QED) is 0.801. The van der Waals surface area contributed by atoms with Gasteiger partial charge in [0.2, 0.25) is 0 Å². The molecule has 1 aromatic rings. The number of ether oxygens (including phenoxy) is 1. The van der Waals surface area contributed by atoms with Crippen molar-refractivity contribution >= 4 is 34.6 Å². The summed E-state index contributed by atoms with van der Waals surface area (Å²) in [5.41, 5.74) is 0.840. The van der Waals surface area contributed by atoms with Crippen LogP contribution in [-0.4, -0.2) is 18.8 Å². The van der Waals surface area contributed by atoms with E-state index in [1.807, 2.05) is 13.0 Å². The Kier molecular flexibility index (Phi) is 4.65. The molecule has 3 nitrogen and oxygen atoms in total. The maximum absolute atomic E-state index is 5.96. The van der Waals surface area contributed by atoms with E-state index in [9.17, 15) is 0 Å². The minimum atomic E-state index is 0.557. The molecule has 0 saturated heterocycles. The molecular formula is C10H13ClN2OS. The molecule has 0 aliphatic heterocycles. The van der Waals surface area contributed by atoms with Gasteiger partial charge in [0.25, 0.3) is 0 Å². The van der Waals surface area contributed by atoms with Gasteiger partial charge in [-0.05, 0) is 37.3 Å². The van der Waals surface area contributed by atoms with E-state index in [1.165, 1.54) is 0 Å². The molecule has 0 fully saturated rings. The highest BCUT2D eigenvalue weighted by atomic mass is 35.5. The predicted octanol–water partition coefficient (Wildman–Crippen LogP) is 2.65. The molecule has 0 aliphatic rings. The molecule has 0 saturated carbocycles. The number of nitrogens with one attached hydrogen (secondary N) is 2. The molecular weight excluding hydrogens is 232 g/mol. The first kappa shape index (κ1) is 12.1. The highest BCUT2D eigenvalue weighted by Crippen LogP contribution is 2.26. The van der Waals surface area contributed by atoms with Crippen LogP contribution in [0.5, 0.6) is 5.75 Å². The summed E-state index contributed by atoms with van der Waals surface area (Å²) >= 11 is 11.0. The average Bonchev–Trinajstić information content (AvgIpc) is 2.18. The van der Waals surface area contributed by atoms with Crippen LogP contribution in [0.25, 0.3) is 0 Å². The zero-order chi connectivity index (χ0) is 11.3. The highest BCUT2D eigenvalue weighted by molar-refractivity contribution is 7.80. The molecule has 0 heterocycles. The van der Waals surface area contributed by atoms with E-state index < -0.39 is 0 Å². The van der Waals surface area contributed by atoms with Crippen LogP contribution >= 0.6 is 23.8 Å². The number of methoxy groups -OCH3 is 1. The van der Waals surface area contributed by atoms with E-state index in [-0.39, 0.29) is 0 Å². The van der Waals surface area contributed by atoms with Crippen LogP contribution in [0.4, 0.5) is 5.69 Å². The molecule has 1 aromatic carbocycles. The van der Waals surface area contributed by atoms with E-state index in [0.717, 1.165) is 12.2 Å². The molecule has 82 valence electrons. The van der Waals surface area contributed by atoms with E-state index in [1.54, 1.807) is 19.2 Å². The molecule has 0 unspecified atom stereocenters.